The molecule has 0 saturated heterocycles. The lowest BCUT2D eigenvalue weighted by Crippen LogP contribution is -2.27. The zero-order valence-electron chi connectivity index (χ0n) is 8.79. The molecule has 3 heteroatoms. The molecule has 3 nitrogen and oxygen atoms in total. The molecule has 0 fully saturated rings. The lowest BCUT2D eigenvalue weighted by atomic mass is 10.2. The number of carbonyl (C=O) groups is 1. The number of hydrogen-bond acceptors (Lipinski definition) is 3. The summed E-state index contributed by atoms with van der Waals surface area (Å²) in [6.07, 6.45) is 1.51. The minimum absolute atomic E-state index is 0.0234. The molecule has 0 aliphatic heterocycles. The Hall–Kier alpha value is -0.830. The molecule has 1 unspecified atom stereocenters. The van der Waals surface area contributed by atoms with Gasteiger partial charge in [0.1, 0.15) is 12.2 Å². The van der Waals surface area contributed by atoms with Crippen molar-refractivity contribution in [3.8, 4) is 0 Å². The minimum Gasteiger partial charge on any atom is -0.458 e. The van der Waals surface area contributed by atoms with Crippen molar-refractivity contribution in [2.45, 2.75) is 39.4 Å². The summed E-state index contributed by atoms with van der Waals surface area (Å²) in [4.78, 5) is 11.1. The molecule has 0 heterocycles. The van der Waals surface area contributed by atoms with Gasteiger partial charge < -0.3 is 9.47 Å². The number of hydrogen-bond donors (Lipinski definition) is 0. The summed E-state index contributed by atoms with van der Waals surface area (Å²) < 4.78 is 10.1. The Morgan fingerprint density at radius 1 is 1.54 bits per heavy atom. The second kappa shape index (κ2) is 5.02. The third-order valence-corrected chi connectivity index (χ3v) is 1.22. The molecule has 0 bridgehead atoms. The van der Waals surface area contributed by atoms with Gasteiger partial charge in [0.25, 0.3) is 0 Å². The topological polar surface area (TPSA) is 35.5 Å². The van der Waals surface area contributed by atoms with E-state index in [1.165, 1.54) is 0 Å². The molecule has 0 amide bonds. The lowest BCUT2D eigenvalue weighted by molar-refractivity contribution is -0.161. The molecule has 76 valence electrons. The van der Waals surface area contributed by atoms with Crippen LogP contribution < -0.4 is 0 Å². The predicted octanol–water partition coefficient (Wildman–Crippen LogP) is 1.92. The average Bonchev–Trinajstić information content (AvgIpc) is 1.97. The average molecular weight is 186 g/mol. The number of carbonyl (C=O) groups excluding carboxylic acids is 1. The molecule has 1 atom stereocenters. The van der Waals surface area contributed by atoms with Crippen LogP contribution in [0.3, 0.4) is 0 Å². The Morgan fingerprint density at radius 3 is 2.46 bits per heavy atom. The van der Waals surface area contributed by atoms with Crippen molar-refractivity contribution < 1.29 is 14.3 Å². The molecule has 0 aliphatic rings. The zero-order chi connectivity index (χ0) is 10.5. The summed E-state index contributed by atoms with van der Waals surface area (Å²) in [7, 11) is 0. The highest BCUT2D eigenvalue weighted by molar-refractivity contribution is 5.71. The van der Waals surface area contributed by atoms with Crippen LogP contribution in [0.2, 0.25) is 0 Å². The van der Waals surface area contributed by atoms with E-state index in [4.69, 9.17) is 9.47 Å². The summed E-state index contributed by atoms with van der Waals surface area (Å²) in [5.74, 6) is -0.346. The highest BCUT2D eigenvalue weighted by Crippen LogP contribution is 2.07. The van der Waals surface area contributed by atoms with Gasteiger partial charge in [-0.25, -0.2) is 4.79 Å². The first kappa shape index (κ1) is 12.2. The van der Waals surface area contributed by atoms with Crippen LogP contribution in [0.25, 0.3) is 0 Å². The molecule has 13 heavy (non-hydrogen) atoms. The Balaban J connectivity index is 3.70. The third-order valence-electron chi connectivity index (χ3n) is 1.22. The van der Waals surface area contributed by atoms with E-state index in [2.05, 4.69) is 6.58 Å². The van der Waals surface area contributed by atoms with Gasteiger partial charge >= 0.3 is 5.97 Å². The first-order valence-electron chi connectivity index (χ1n) is 4.31. The zero-order valence-corrected chi connectivity index (χ0v) is 8.79. The van der Waals surface area contributed by atoms with Gasteiger partial charge in [0, 0.05) is 0 Å². The second-order valence-corrected chi connectivity index (χ2v) is 3.84. The van der Waals surface area contributed by atoms with Gasteiger partial charge in [-0.05, 0) is 27.7 Å². The molecule has 0 spiro atoms. The van der Waals surface area contributed by atoms with Gasteiger partial charge in [0.05, 0.1) is 6.10 Å². The molecular formula is C10H18O3. The molecule has 0 rings (SSSR count). The van der Waals surface area contributed by atoms with Gasteiger partial charge in [-0.2, -0.15) is 0 Å². The van der Waals surface area contributed by atoms with E-state index < -0.39 is 5.60 Å². The van der Waals surface area contributed by atoms with E-state index in [-0.39, 0.29) is 18.7 Å². The smallest absolute Gasteiger partial charge is 0.332 e. The summed E-state index contributed by atoms with van der Waals surface area (Å²) in [5, 5.41) is 0. The van der Waals surface area contributed by atoms with Crippen LogP contribution in [0.1, 0.15) is 27.7 Å². The molecule has 0 saturated carbocycles. The highest BCUT2D eigenvalue weighted by atomic mass is 16.6. The Bertz CT molecular complexity index is 179. The molecule has 0 aliphatic carbocycles. The lowest BCUT2D eigenvalue weighted by Gasteiger charge is -2.19. The van der Waals surface area contributed by atoms with E-state index in [0.717, 1.165) is 0 Å². The normalized spacial score (nSPS) is 13.5. The van der Waals surface area contributed by atoms with Crippen LogP contribution >= 0.6 is 0 Å². The first-order valence-corrected chi connectivity index (χ1v) is 4.31. The van der Waals surface area contributed by atoms with E-state index >= 15 is 0 Å². The van der Waals surface area contributed by atoms with Crippen molar-refractivity contribution in [2.24, 2.45) is 0 Å². The maximum atomic E-state index is 11.1. The van der Waals surface area contributed by atoms with E-state index in [9.17, 15) is 4.79 Å². The van der Waals surface area contributed by atoms with Gasteiger partial charge in [-0.1, -0.05) is 6.08 Å². The minimum atomic E-state index is -0.447. The van der Waals surface area contributed by atoms with E-state index in [0.29, 0.717) is 0 Å². The standard InChI is InChI=1S/C10H18O3/c1-6-8(2)12-7-9(11)13-10(3,4)5/h6,8H,1,7H2,2-5H3. The van der Waals surface area contributed by atoms with Crippen LogP contribution in [-0.4, -0.2) is 24.3 Å². The van der Waals surface area contributed by atoms with Gasteiger partial charge in [0.15, 0.2) is 0 Å². The summed E-state index contributed by atoms with van der Waals surface area (Å²) in [5.41, 5.74) is -0.447. The van der Waals surface area contributed by atoms with Crippen molar-refractivity contribution >= 4 is 5.97 Å². The predicted molar refractivity (Wildman–Crippen MR) is 51.5 cm³/mol. The largest absolute Gasteiger partial charge is 0.458 e. The molecule has 0 aromatic heterocycles. The fourth-order valence-corrected chi connectivity index (χ4v) is 0.638. The Morgan fingerprint density at radius 2 is 2.08 bits per heavy atom. The molecule has 0 aromatic rings. The first-order chi connectivity index (χ1) is 5.85. The third kappa shape index (κ3) is 7.53. The molecule has 0 aromatic carbocycles. The van der Waals surface area contributed by atoms with Crippen molar-refractivity contribution in [3.63, 3.8) is 0 Å². The van der Waals surface area contributed by atoms with E-state index in [1.807, 2.05) is 27.7 Å². The Kier molecular flexibility index (Phi) is 4.70. The molecule has 0 radical (unpaired) electrons. The maximum absolute atomic E-state index is 11.1. The summed E-state index contributed by atoms with van der Waals surface area (Å²) in [6.45, 7) is 10.8. The monoisotopic (exact) mass is 186 g/mol. The van der Waals surface area contributed by atoms with Crippen LogP contribution in [0.15, 0.2) is 12.7 Å². The van der Waals surface area contributed by atoms with Crippen molar-refractivity contribution in [3.05, 3.63) is 12.7 Å². The molecule has 0 N–H and O–H groups in total. The van der Waals surface area contributed by atoms with Crippen molar-refractivity contribution in [1.82, 2.24) is 0 Å². The second-order valence-electron chi connectivity index (χ2n) is 3.84. The molecular weight excluding hydrogens is 168 g/mol. The number of esters is 1. The van der Waals surface area contributed by atoms with Crippen LogP contribution in [0.5, 0.6) is 0 Å². The quantitative estimate of drug-likeness (QED) is 0.497. The fourth-order valence-electron chi connectivity index (χ4n) is 0.638. The maximum Gasteiger partial charge on any atom is 0.332 e. The van der Waals surface area contributed by atoms with Crippen LogP contribution in [0.4, 0.5) is 0 Å². The fraction of sp³-hybridized carbons (Fsp3) is 0.700. The Labute approximate surface area is 79.7 Å². The van der Waals surface area contributed by atoms with Gasteiger partial charge in [-0.15, -0.1) is 6.58 Å². The van der Waals surface area contributed by atoms with Gasteiger partial charge in [-0.3, -0.25) is 0 Å². The van der Waals surface area contributed by atoms with Crippen molar-refractivity contribution in [2.75, 3.05) is 6.61 Å². The van der Waals surface area contributed by atoms with Crippen molar-refractivity contribution in [1.29, 1.82) is 0 Å². The summed E-state index contributed by atoms with van der Waals surface area (Å²) >= 11 is 0. The van der Waals surface area contributed by atoms with Crippen LogP contribution in [-0.2, 0) is 14.3 Å². The SMILES string of the molecule is C=CC(C)OCC(=O)OC(C)(C)C. The summed E-state index contributed by atoms with van der Waals surface area (Å²) in [6, 6.07) is 0. The number of rotatable bonds is 4. The van der Waals surface area contributed by atoms with Gasteiger partial charge in [0.2, 0.25) is 0 Å². The van der Waals surface area contributed by atoms with E-state index in [1.54, 1.807) is 6.08 Å². The number of ether oxygens (including phenoxy) is 2. The highest BCUT2D eigenvalue weighted by Gasteiger charge is 2.16. The van der Waals surface area contributed by atoms with Crippen LogP contribution in [0, 0.1) is 0 Å².